The molecule has 0 bridgehead atoms. The monoisotopic (exact) mass is 216 g/mol. The first kappa shape index (κ1) is 11.2. The Morgan fingerprint density at radius 3 is 3.07 bits per heavy atom. The van der Waals surface area contributed by atoms with Crippen LogP contribution in [0, 0.1) is 0 Å². The molecule has 0 atom stereocenters. The molecule has 0 aromatic carbocycles. The predicted molar refractivity (Wildman–Crippen MR) is 55.5 cm³/mol. The number of aliphatic hydroxyl groups excluding tert-OH is 1. The van der Waals surface area contributed by atoms with Gasteiger partial charge in [0, 0.05) is 31.1 Å². The molecule has 0 aliphatic heterocycles. The summed E-state index contributed by atoms with van der Waals surface area (Å²) in [6.07, 6.45) is 1.55. The van der Waals surface area contributed by atoms with Crippen LogP contribution in [0.4, 0.5) is 5.69 Å². The Labute approximate surface area is 87.9 Å². The summed E-state index contributed by atoms with van der Waals surface area (Å²) in [7, 11) is 1.63. The van der Waals surface area contributed by atoms with E-state index in [1.54, 1.807) is 19.4 Å². The Balaban J connectivity index is 2.67. The van der Waals surface area contributed by atoms with Crippen LogP contribution >= 0.6 is 11.6 Å². The predicted octanol–water partition coefficient (Wildman–Crippen LogP) is 1.29. The molecule has 0 unspecified atom stereocenters. The number of hydrogen-bond acceptors (Lipinski definition) is 4. The topological polar surface area (TPSA) is 54.4 Å². The van der Waals surface area contributed by atoms with E-state index in [0.29, 0.717) is 18.3 Å². The highest BCUT2D eigenvalue weighted by molar-refractivity contribution is 6.29. The van der Waals surface area contributed by atoms with Gasteiger partial charge in [-0.3, -0.25) is 0 Å². The number of aromatic nitrogens is 1. The summed E-state index contributed by atoms with van der Waals surface area (Å²) in [5.41, 5.74) is 1.52. The number of halogens is 1. The molecule has 0 aliphatic rings. The summed E-state index contributed by atoms with van der Waals surface area (Å²) in [5, 5.41) is 12.5. The van der Waals surface area contributed by atoms with E-state index in [0.717, 1.165) is 11.3 Å². The first-order valence-electron chi connectivity index (χ1n) is 4.26. The minimum Gasteiger partial charge on any atom is -0.392 e. The smallest absolute Gasteiger partial charge is 0.131 e. The molecule has 1 rings (SSSR count). The number of hydrogen-bond donors (Lipinski definition) is 2. The standard InChI is InChI=1S/C9H13ClN2O2/c1-14-3-2-11-8-4-9(10)12-5-7(8)6-13/h4-5,13H,2-3,6H2,1H3,(H,11,12). The Hall–Kier alpha value is -0.840. The van der Waals surface area contributed by atoms with Crippen molar-refractivity contribution in [1.29, 1.82) is 0 Å². The molecule has 1 aromatic rings. The van der Waals surface area contributed by atoms with Crippen molar-refractivity contribution in [2.24, 2.45) is 0 Å². The summed E-state index contributed by atoms with van der Waals surface area (Å²) < 4.78 is 4.89. The normalized spacial score (nSPS) is 10.2. The highest BCUT2D eigenvalue weighted by atomic mass is 35.5. The number of ether oxygens (including phenoxy) is 1. The first-order chi connectivity index (χ1) is 6.77. The summed E-state index contributed by atoms with van der Waals surface area (Å²) >= 11 is 5.72. The van der Waals surface area contributed by atoms with Crippen molar-refractivity contribution in [2.75, 3.05) is 25.6 Å². The SMILES string of the molecule is COCCNc1cc(Cl)ncc1CO. The first-order valence-corrected chi connectivity index (χ1v) is 4.64. The van der Waals surface area contributed by atoms with Crippen LogP contribution in [0.1, 0.15) is 5.56 Å². The average Bonchev–Trinajstić information content (AvgIpc) is 2.19. The highest BCUT2D eigenvalue weighted by Crippen LogP contribution is 2.18. The van der Waals surface area contributed by atoms with Gasteiger partial charge in [-0.15, -0.1) is 0 Å². The van der Waals surface area contributed by atoms with E-state index in [4.69, 9.17) is 21.4 Å². The van der Waals surface area contributed by atoms with Crippen LogP contribution in [-0.4, -0.2) is 30.4 Å². The van der Waals surface area contributed by atoms with Crippen molar-refractivity contribution in [3.63, 3.8) is 0 Å². The van der Waals surface area contributed by atoms with Crippen LogP contribution in [0.15, 0.2) is 12.3 Å². The molecule has 0 radical (unpaired) electrons. The maximum Gasteiger partial charge on any atom is 0.131 e. The van der Waals surface area contributed by atoms with Crippen LogP contribution in [-0.2, 0) is 11.3 Å². The lowest BCUT2D eigenvalue weighted by Gasteiger charge is -2.09. The fourth-order valence-electron chi connectivity index (χ4n) is 1.04. The molecule has 14 heavy (non-hydrogen) atoms. The van der Waals surface area contributed by atoms with Crippen molar-refractivity contribution in [3.05, 3.63) is 23.0 Å². The van der Waals surface area contributed by atoms with Gasteiger partial charge in [0.05, 0.1) is 13.2 Å². The maximum atomic E-state index is 9.01. The van der Waals surface area contributed by atoms with E-state index in [-0.39, 0.29) is 6.61 Å². The third kappa shape index (κ3) is 3.14. The Kier molecular flexibility index (Phi) is 4.65. The second-order valence-corrected chi connectivity index (χ2v) is 3.13. The molecule has 78 valence electrons. The zero-order valence-corrected chi connectivity index (χ0v) is 8.71. The molecule has 0 fully saturated rings. The van der Waals surface area contributed by atoms with Crippen LogP contribution in [0.5, 0.6) is 0 Å². The quantitative estimate of drug-likeness (QED) is 0.575. The van der Waals surface area contributed by atoms with Crippen LogP contribution in [0.2, 0.25) is 5.15 Å². The molecule has 1 heterocycles. The Bertz CT molecular complexity index is 294. The number of nitrogens with zero attached hydrogens (tertiary/aromatic N) is 1. The number of methoxy groups -OCH3 is 1. The van der Waals surface area contributed by atoms with Crippen molar-refractivity contribution < 1.29 is 9.84 Å². The van der Waals surface area contributed by atoms with Gasteiger partial charge in [0.15, 0.2) is 0 Å². The summed E-state index contributed by atoms with van der Waals surface area (Å²) in [6.45, 7) is 1.22. The number of pyridine rings is 1. The molecule has 0 amide bonds. The largest absolute Gasteiger partial charge is 0.392 e. The highest BCUT2D eigenvalue weighted by Gasteiger charge is 2.02. The van der Waals surface area contributed by atoms with E-state index in [1.165, 1.54) is 0 Å². The maximum absolute atomic E-state index is 9.01. The number of rotatable bonds is 5. The Morgan fingerprint density at radius 2 is 2.43 bits per heavy atom. The third-order valence-corrected chi connectivity index (χ3v) is 1.95. The second kappa shape index (κ2) is 5.80. The molecule has 0 saturated carbocycles. The van der Waals surface area contributed by atoms with Crippen molar-refractivity contribution in [1.82, 2.24) is 4.98 Å². The van der Waals surface area contributed by atoms with E-state index >= 15 is 0 Å². The lowest BCUT2D eigenvalue weighted by Crippen LogP contribution is -2.09. The zero-order chi connectivity index (χ0) is 10.4. The minimum atomic E-state index is -0.0561. The summed E-state index contributed by atoms with van der Waals surface area (Å²) in [4.78, 5) is 3.87. The van der Waals surface area contributed by atoms with Gasteiger partial charge in [0.25, 0.3) is 0 Å². The molecule has 5 heteroatoms. The molecule has 0 aliphatic carbocycles. The number of aliphatic hydroxyl groups is 1. The Morgan fingerprint density at radius 1 is 1.64 bits per heavy atom. The number of nitrogens with one attached hydrogen (secondary N) is 1. The van der Waals surface area contributed by atoms with E-state index in [9.17, 15) is 0 Å². The van der Waals surface area contributed by atoms with E-state index in [1.807, 2.05) is 0 Å². The van der Waals surface area contributed by atoms with Crippen LogP contribution < -0.4 is 5.32 Å². The van der Waals surface area contributed by atoms with Gasteiger partial charge in [-0.1, -0.05) is 11.6 Å². The van der Waals surface area contributed by atoms with Gasteiger partial charge in [0.2, 0.25) is 0 Å². The number of anilines is 1. The molecule has 0 saturated heterocycles. The van der Waals surface area contributed by atoms with Crippen LogP contribution in [0.25, 0.3) is 0 Å². The van der Waals surface area contributed by atoms with Gasteiger partial charge in [-0.05, 0) is 6.07 Å². The fraction of sp³-hybridized carbons (Fsp3) is 0.444. The van der Waals surface area contributed by atoms with E-state index in [2.05, 4.69) is 10.3 Å². The third-order valence-electron chi connectivity index (χ3n) is 1.75. The van der Waals surface area contributed by atoms with E-state index < -0.39 is 0 Å². The molecule has 0 spiro atoms. The van der Waals surface area contributed by atoms with Gasteiger partial charge in [-0.2, -0.15) is 0 Å². The zero-order valence-electron chi connectivity index (χ0n) is 7.96. The van der Waals surface area contributed by atoms with Gasteiger partial charge < -0.3 is 15.2 Å². The lowest BCUT2D eigenvalue weighted by atomic mass is 10.2. The molecule has 2 N–H and O–H groups in total. The van der Waals surface area contributed by atoms with Crippen LogP contribution in [0.3, 0.4) is 0 Å². The lowest BCUT2D eigenvalue weighted by molar-refractivity contribution is 0.210. The average molecular weight is 217 g/mol. The molecule has 1 aromatic heterocycles. The fourth-order valence-corrected chi connectivity index (χ4v) is 1.19. The molecule has 4 nitrogen and oxygen atoms in total. The van der Waals surface area contributed by atoms with Crippen molar-refractivity contribution >= 4 is 17.3 Å². The van der Waals surface area contributed by atoms with Gasteiger partial charge >= 0.3 is 0 Å². The van der Waals surface area contributed by atoms with Crippen molar-refractivity contribution in [2.45, 2.75) is 6.61 Å². The van der Waals surface area contributed by atoms with Gasteiger partial charge in [-0.25, -0.2) is 4.98 Å². The van der Waals surface area contributed by atoms with Gasteiger partial charge in [0.1, 0.15) is 5.15 Å². The summed E-state index contributed by atoms with van der Waals surface area (Å²) in [6, 6.07) is 1.68. The second-order valence-electron chi connectivity index (χ2n) is 2.74. The molecular formula is C9H13ClN2O2. The van der Waals surface area contributed by atoms with Crippen molar-refractivity contribution in [3.8, 4) is 0 Å². The summed E-state index contributed by atoms with van der Waals surface area (Å²) in [5.74, 6) is 0. The minimum absolute atomic E-state index is 0.0561. The molecular weight excluding hydrogens is 204 g/mol.